The predicted molar refractivity (Wildman–Crippen MR) is 85.2 cm³/mol. The molecule has 0 saturated carbocycles. The monoisotopic (exact) mass is 387 g/mol. The second-order valence-corrected chi connectivity index (χ2v) is 5.25. The number of alkyl halides is 2. The summed E-state index contributed by atoms with van der Waals surface area (Å²) in [4.78, 5) is 3.88. The van der Waals surface area contributed by atoms with Gasteiger partial charge < -0.3 is 10.2 Å². The van der Waals surface area contributed by atoms with E-state index in [9.17, 15) is 10.2 Å². The molecule has 0 aliphatic rings. The van der Waals surface area contributed by atoms with Gasteiger partial charge in [0.15, 0.2) is 0 Å². The van der Waals surface area contributed by atoms with Crippen LogP contribution in [0.1, 0.15) is 6.42 Å². The quantitative estimate of drug-likeness (QED) is 0.607. The maximum Gasteiger partial charge on any atom is 0.123 e. The molecule has 0 radical (unpaired) electrons. The molecule has 5 heteroatoms. The second kappa shape index (κ2) is 8.93. The van der Waals surface area contributed by atoms with E-state index >= 15 is 0 Å². The normalized spacial score (nSPS) is 9.58. The fourth-order valence-corrected chi connectivity index (χ4v) is 2.65. The fourth-order valence-electron chi connectivity index (χ4n) is 1.34. The van der Waals surface area contributed by atoms with Gasteiger partial charge in [0.2, 0.25) is 0 Å². The Morgan fingerprint density at radius 2 is 1.58 bits per heavy atom. The topological polar surface area (TPSA) is 53.4 Å². The van der Waals surface area contributed by atoms with Gasteiger partial charge in [-0.25, -0.2) is 0 Å². The van der Waals surface area contributed by atoms with Crippen molar-refractivity contribution in [2.45, 2.75) is 6.42 Å². The summed E-state index contributed by atoms with van der Waals surface area (Å²) in [6.45, 7) is 0. The largest absolute Gasteiger partial charge is 0.508 e. The summed E-state index contributed by atoms with van der Waals surface area (Å²) >= 11 is 6.56. The molecule has 1 aromatic carbocycles. The first-order valence-electron chi connectivity index (χ1n) is 5.73. The van der Waals surface area contributed by atoms with Gasteiger partial charge in [-0.3, -0.25) is 4.98 Å². The lowest BCUT2D eigenvalue weighted by Crippen LogP contribution is -1.79. The number of aromatic hydroxyl groups is 2. The number of pyridine rings is 1. The molecule has 1 heterocycles. The molecule has 0 bridgehead atoms. The van der Waals surface area contributed by atoms with E-state index in [-0.39, 0.29) is 11.5 Å². The van der Waals surface area contributed by atoms with Gasteiger partial charge in [0.25, 0.3) is 0 Å². The Morgan fingerprint density at radius 1 is 0.947 bits per heavy atom. The van der Waals surface area contributed by atoms with Crippen molar-refractivity contribution in [2.75, 3.05) is 10.7 Å². The number of benzene rings is 1. The molecule has 2 rings (SSSR count). The van der Waals surface area contributed by atoms with Gasteiger partial charge >= 0.3 is 0 Å². The van der Waals surface area contributed by atoms with Crippen molar-refractivity contribution in [1.82, 2.24) is 4.98 Å². The second-order valence-electron chi connectivity index (χ2n) is 3.67. The third kappa shape index (κ3) is 5.61. The molecule has 1 aromatic heterocycles. The molecule has 2 N–H and O–H groups in total. The summed E-state index contributed by atoms with van der Waals surface area (Å²) in [7, 11) is 0. The van der Waals surface area contributed by atoms with Gasteiger partial charge in [-0.15, -0.1) is 0 Å². The van der Waals surface area contributed by atoms with E-state index in [1.54, 1.807) is 24.5 Å². The van der Waals surface area contributed by atoms with Gasteiger partial charge in [0.1, 0.15) is 11.5 Å². The highest BCUT2D eigenvalue weighted by molar-refractivity contribution is 9.09. The first kappa shape index (κ1) is 16.0. The fraction of sp³-hybridized carbons (Fsp3) is 0.214. The zero-order valence-corrected chi connectivity index (χ0v) is 13.4. The molecule has 0 saturated heterocycles. The molecule has 102 valence electrons. The van der Waals surface area contributed by atoms with E-state index in [1.807, 2.05) is 0 Å². The lowest BCUT2D eigenvalue weighted by atomic mass is 10.1. The molecule has 0 aliphatic carbocycles. The molecular weight excluding hydrogens is 374 g/mol. The van der Waals surface area contributed by atoms with E-state index in [0.29, 0.717) is 5.56 Å². The van der Waals surface area contributed by atoms with Crippen LogP contribution in [0.15, 0.2) is 42.7 Å². The van der Waals surface area contributed by atoms with Crippen molar-refractivity contribution < 1.29 is 10.2 Å². The van der Waals surface area contributed by atoms with Crippen molar-refractivity contribution >= 4 is 31.9 Å². The highest BCUT2D eigenvalue weighted by Crippen LogP contribution is 2.31. The standard InChI is InChI=1S/C11H9NO2.C3H6Br2/c13-9-1-2-11(14)10(7-9)8-3-5-12-6-4-8;4-2-1-3-5/h1-7,13-14H;1-3H2. The summed E-state index contributed by atoms with van der Waals surface area (Å²) in [6, 6.07) is 7.97. The molecule has 3 nitrogen and oxygen atoms in total. The number of phenolic OH excluding ortho intramolecular Hbond substituents is 2. The molecule has 19 heavy (non-hydrogen) atoms. The zero-order chi connectivity index (χ0) is 14.1. The predicted octanol–water partition coefficient (Wildman–Crippen LogP) is 4.33. The molecule has 0 amide bonds. The van der Waals surface area contributed by atoms with Gasteiger partial charge in [-0.2, -0.15) is 0 Å². The maximum absolute atomic E-state index is 9.56. The lowest BCUT2D eigenvalue weighted by Gasteiger charge is -2.04. The van der Waals surface area contributed by atoms with E-state index in [0.717, 1.165) is 16.2 Å². The number of hydrogen-bond donors (Lipinski definition) is 2. The molecule has 0 fully saturated rings. The number of halogens is 2. The van der Waals surface area contributed by atoms with E-state index < -0.39 is 0 Å². The van der Waals surface area contributed by atoms with Crippen molar-refractivity contribution in [3.8, 4) is 22.6 Å². The van der Waals surface area contributed by atoms with Crippen LogP contribution in [0.4, 0.5) is 0 Å². The van der Waals surface area contributed by atoms with Crippen LogP contribution in [-0.4, -0.2) is 25.9 Å². The number of hydrogen-bond acceptors (Lipinski definition) is 3. The zero-order valence-electron chi connectivity index (χ0n) is 10.3. The Bertz CT molecular complexity index is 490. The lowest BCUT2D eigenvalue weighted by molar-refractivity contribution is 0.462. The summed E-state index contributed by atoms with van der Waals surface area (Å²) in [5.74, 6) is 0.281. The van der Waals surface area contributed by atoms with Crippen LogP contribution in [0.2, 0.25) is 0 Å². The van der Waals surface area contributed by atoms with Crippen LogP contribution in [0.25, 0.3) is 11.1 Å². The molecule has 0 unspecified atom stereocenters. The van der Waals surface area contributed by atoms with Crippen LogP contribution in [0, 0.1) is 0 Å². The van der Waals surface area contributed by atoms with Gasteiger partial charge in [-0.05, 0) is 42.3 Å². The van der Waals surface area contributed by atoms with E-state index in [1.165, 1.54) is 24.6 Å². The van der Waals surface area contributed by atoms with Gasteiger partial charge in [-0.1, -0.05) is 31.9 Å². The third-order valence-corrected chi connectivity index (χ3v) is 3.36. The summed E-state index contributed by atoms with van der Waals surface area (Å²) in [5.41, 5.74) is 1.43. The number of aromatic nitrogens is 1. The van der Waals surface area contributed by atoms with Crippen LogP contribution in [0.3, 0.4) is 0 Å². The number of phenols is 2. The average Bonchev–Trinajstić information content (AvgIpc) is 2.44. The Morgan fingerprint density at radius 3 is 2.11 bits per heavy atom. The van der Waals surface area contributed by atoms with Crippen LogP contribution >= 0.6 is 31.9 Å². The average molecular weight is 389 g/mol. The summed E-state index contributed by atoms with van der Waals surface area (Å²) in [5, 5.41) is 21.0. The summed E-state index contributed by atoms with van der Waals surface area (Å²) in [6.07, 6.45) is 4.50. The van der Waals surface area contributed by atoms with Gasteiger partial charge in [0, 0.05) is 28.6 Å². The van der Waals surface area contributed by atoms with Crippen LogP contribution in [-0.2, 0) is 0 Å². The highest BCUT2D eigenvalue weighted by Gasteiger charge is 2.04. The molecule has 0 spiro atoms. The number of rotatable bonds is 3. The Kier molecular flexibility index (Phi) is 7.52. The Hall–Kier alpha value is -1.07. The van der Waals surface area contributed by atoms with Gasteiger partial charge in [0.05, 0.1) is 0 Å². The minimum atomic E-state index is 0.134. The first-order chi connectivity index (χ1) is 9.19. The smallest absolute Gasteiger partial charge is 0.123 e. The molecule has 2 aromatic rings. The van der Waals surface area contributed by atoms with Crippen molar-refractivity contribution in [1.29, 1.82) is 0 Å². The minimum absolute atomic E-state index is 0.134. The maximum atomic E-state index is 9.56. The number of nitrogens with zero attached hydrogens (tertiary/aromatic N) is 1. The van der Waals surface area contributed by atoms with E-state index in [4.69, 9.17) is 0 Å². The molecule has 0 atom stereocenters. The third-order valence-electron chi connectivity index (χ3n) is 2.24. The highest BCUT2D eigenvalue weighted by atomic mass is 79.9. The van der Waals surface area contributed by atoms with Crippen LogP contribution < -0.4 is 0 Å². The summed E-state index contributed by atoms with van der Waals surface area (Å²) < 4.78 is 0. The molecular formula is C14H15Br2NO2. The Labute approximate surface area is 129 Å². The van der Waals surface area contributed by atoms with E-state index in [2.05, 4.69) is 36.8 Å². The first-order valence-corrected chi connectivity index (χ1v) is 7.97. The van der Waals surface area contributed by atoms with Crippen LogP contribution in [0.5, 0.6) is 11.5 Å². The minimum Gasteiger partial charge on any atom is -0.508 e. The SMILES string of the molecule is BrCCCBr.Oc1ccc(O)c(-c2ccncc2)c1. The van der Waals surface area contributed by atoms with Crippen molar-refractivity contribution in [3.05, 3.63) is 42.7 Å². The van der Waals surface area contributed by atoms with Crippen molar-refractivity contribution in [2.24, 2.45) is 0 Å². The Balaban J connectivity index is 0.000000312. The molecule has 0 aliphatic heterocycles. The van der Waals surface area contributed by atoms with Crippen molar-refractivity contribution in [3.63, 3.8) is 0 Å².